The smallest absolute Gasteiger partial charge is 0.130 e. The van der Waals surface area contributed by atoms with Gasteiger partial charge < -0.3 is 4.74 Å². The number of halogens is 1. The number of rotatable bonds is 1. The van der Waals surface area contributed by atoms with Crippen LogP contribution in [0.1, 0.15) is 5.56 Å². The zero-order chi connectivity index (χ0) is 11.0. The molecular formula is C14H11ClO. The molecule has 2 aromatic rings. The Morgan fingerprint density at radius 2 is 1.94 bits per heavy atom. The minimum Gasteiger partial charge on any atom is -0.492 e. The molecule has 0 saturated heterocycles. The van der Waals surface area contributed by atoms with Crippen molar-refractivity contribution in [2.75, 3.05) is 6.61 Å². The molecule has 0 unspecified atom stereocenters. The van der Waals surface area contributed by atoms with Crippen LogP contribution in [0.2, 0.25) is 5.02 Å². The monoisotopic (exact) mass is 230 g/mol. The first-order chi connectivity index (χ1) is 7.84. The van der Waals surface area contributed by atoms with Gasteiger partial charge in [0.25, 0.3) is 0 Å². The molecule has 1 aliphatic rings. The van der Waals surface area contributed by atoms with E-state index in [0.717, 1.165) is 34.9 Å². The van der Waals surface area contributed by atoms with Crippen LogP contribution in [0.15, 0.2) is 42.5 Å². The van der Waals surface area contributed by atoms with Gasteiger partial charge >= 0.3 is 0 Å². The van der Waals surface area contributed by atoms with Crippen LogP contribution in [0.25, 0.3) is 11.1 Å². The Morgan fingerprint density at radius 1 is 1.06 bits per heavy atom. The summed E-state index contributed by atoms with van der Waals surface area (Å²) < 4.78 is 5.68. The molecule has 2 aromatic carbocycles. The second kappa shape index (κ2) is 3.84. The van der Waals surface area contributed by atoms with Crippen LogP contribution < -0.4 is 4.74 Å². The van der Waals surface area contributed by atoms with Crippen molar-refractivity contribution in [3.63, 3.8) is 0 Å². The Balaban J connectivity index is 2.17. The highest BCUT2D eigenvalue weighted by molar-refractivity contribution is 6.30. The minimum absolute atomic E-state index is 0.758. The summed E-state index contributed by atoms with van der Waals surface area (Å²) in [6, 6.07) is 14.2. The summed E-state index contributed by atoms with van der Waals surface area (Å²) in [7, 11) is 0. The largest absolute Gasteiger partial charge is 0.492 e. The number of benzene rings is 2. The molecular weight excluding hydrogens is 220 g/mol. The first-order valence-corrected chi connectivity index (χ1v) is 5.73. The fourth-order valence-corrected chi connectivity index (χ4v) is 2.29. The molecule has 0 N–H and O–H groups in total. The second-order valence-corrected chi connectivity index (χ2v) is 4.34. The Morgan fingerprint density at radius 3 is 2.81 bits per heavy atom. The Bertz CT molecular complexity index is 534. The highest BCUT2D eigenvalue weighted by Gasteiger charge is 2.16. The van der Waals surface area contributed by atoms with Gasteiger partial charge in [0, 0.05) is 17.0 Å². The van der Waals surface area contributed by atoms with E-state index in [1.807, 2.05) is 18.2 Å². The van der Waals surface area contributed by atoms with Crippen LogP contribution >= 0.6 is 11.6 Å². The molecule has 0 bridgehead atoms. The van der Waals surface area contributed by atoms with E-state index in [9.17, 15) is 0 Å². The third kappa shape index (κ3) is 1.57. The predicted molar refractivity (Wildman–Crippen MR) is 66.1 cm³/mol. The molecule has 3 rings (SSSR count). The van der Waals surface area contributed by atoms with Gasteiger partial charge in [0.05, 0.1) is 6.61 Å². The molecule has 80 valence electrons. The van der Waals surface area contributed by atoms with E-state index in [0.29, 0.717) is 0 Å². The highest BCUT2D eigenvalue weighted by Crippen LogP contribution is 2.37. The number of fused-ring (bicyclic) bond motifs is 1. The molecule has 0 aliphatic carbocycles. The van der Waals surface area contributed by atoms with Gasteiger partial charge in [-0.2, -0.15) is 0 Å². The third-order valence-corrected chi connectivity index (χ3v) is 3.09. The predicted octanol–water partition coefficient (Wildman–Crippen LogP) is 3.94. The van der Waals surface area contributed by atoms with Gasteiger partial charge in [0.15, 0.2) is 0 Å². The summed E-state index contributed by atoms with van der Waals surface area (Å²) in [5.41, 5.74) is 3.54. The molecule has 0 aromatic heterocycles. The lowest BCUT2D eigenvalue weighted by atomic mass is 10.0. The van der Waals surface area contributed by atoms with Crippen molar-refractivity contribution in [1.29, 1.82) is 0 Å². The van der Waals surface area contributed by atoms with E-state index in [1.165, 1.54) is 5.56 Å². The zero-order valence-corrected chi connectivity index (χ0v) is 9.50. The fourth-order valence-electron chi connectivity index (χ4n) is 2.10. The van der Waals surface area contributed by atoms with Crippen molar-refractivity contribution < 1.29 is 4.74 Å². The maximum absolute atomic E-state index is 6.00. The van der Waals surface area contributed by atoms with Crippen LogP contribution in [-0.4, -0.2) is 6.61 Å². The van der Waals surface area contributed by atoms with Crippen molar-refractivity contribution in [1.82, 2.24) is 0 Å². The first kappa shape index (κ1) is 9.73. The van der Waals surface area contributed by atoms with E-state index >= 15 is 0 Å². The topological polar surface area (TPSA) is 9.23 Å². The molecule has 2 heteroatoms. The van der Waals surface area contributed by atoms with E-state index in [4.69, 9.17) is 16.3 Å². The maximum Gasteiger partial charge on any atom is 0.130 e. The first-order valence-electron chi connectivity index (χ1n) is 5.35. The molecule has 0 radical (unpaired) electrons. The Kier molecular flexibility index (Phi) is 2.33. The summed E-state index contributed by atoms with van der Waals surface area (Å²) >= 11 is 6.00. The van der Waals surface area contributed by atoms with Crippen molar-refractivity contribution in [2.24, 2.45) is 0 Å². The van der Waals surface area contributed by atoms with Gasteiger partial charge in [-0.1, -0.05) is 41.9 Å². The van der Waals surface area contributed by atoms with Gasteiger partial charge in [-0.05, 0) is 23.3 Å². The summed E-state index contributed by atoms with van der Waals surface area (Å²) in [5, 5.41) is 0.758. The number of ether oxygens (including phenoxy) is 1. The number of para-hydroxylation sites is 1. The van der Waals surface area contributed by atoms with Gasteiger partial charge in [-0.15, -0.1) is 0 Å². The average molecular weight is 231 g/mol. The van der Waals surface area contributed by atoms with Crippen LogP contribution in [0.5, 0.6) is 5.75 Å². The van der Waals surface area contributed by atoms with Crippen LogP contribution in [-0.2, 0) is 6.42 Å². The summed E-state index contributed by atoms with van der Waals surface area (Å²) in [6.45, 7) is 0.785. The van der Waals surface area contributed by atoms with Crippen molar-refractivity contribution in [3.05, 3.63) is 53.1 Å². The van der Waals surface area contributed by atoms with E-state index in [-0.39, 0.29) is 0 Å². The van der Waals surface area contributed by atoms with Gasteiger partial charge in [-0.25, -0.2) is 0 Å². The quantitative estimate of drug-likeness (QED) is 0.721. The third-order valence-electron chi connectivity index (χ3n) is 2.85. The molecule has 0 atom stereocenters. The maximum atomic E-state index is 6.00. The van der Waals surface area contributed by atoms with Crippen molar-refractivity contribution in [2.45, 2.75) is 6.42 Å². The highest BCUT2D eigenvalue weighted by atomic mass is 35.5. The number of hydrogen-bond acceptors (Lipinski definition) is 1. The Labute approximate surface area is 99.6 Å². The normalized spacial score (nSPS) is 13.3. The fraction of sp³-hybridized carbons (Fsp3) is 0.143. The van der Waals surface area contributed by atoms with Crippen molar-refractivity contribution in [3.8, 4) is 16.9 Å². The Hall–Kier alpha value is -1.47. The van der Waals surface area contributed by atoms with Crippen LogP contribution in [0.3, 0.4) is 0 Å². The van der Waals surface area contributed by atoms with Crippen LogP contribution in [0, 0.1) is 0 Å². The van der Waals surface area contributed by atoms with E-state index in [2.05, 4.69) is 24.3 Å². The SMILES string of the molecule is Clc1cccc(-c2cccc3c2OCC3)c1. The van der Waals surface area contributed by atoms with Gasteiger partial charge in [-0.3, -0.25) is 0 Å². The molecule has 1 heterocycles. The lowest BCUT2D eigenvalue weighted by Gasteiger charge is -2.08. The lowest BCUT2D eigenvalue weighted by molar-refractivity contribution is 0.358. The second-order valence-electron chi connectivity index (χ2n) is 3.90. The molecule has 0 fully saturated rings. The minimum atomic E-state index is 0.758. The number of hydrogen-bond donors (Lipinski definition) is 0. The molecule has 1 nitrogen and oxygen atoms in total. The summed E-state index contributed by atoms with van der Waals surface area (Å²) in [6.07, 6.45) is 1.00. The van der Waals surface area contributed by atoms with Crippen molar-refractivity contribution >= 4 is 11.6 Å². The lowest BCUT2D eigenvalue weighted by Crippen LogP contribution is -1.88. The molecule has 0 saturated carbocycles. The molecule has 16 heavy (non-hydrogen) atoms. The zero-order valence-electron chi connectivity index (χ0n) is 8.74. The van der Waals surface area contributed by atoms with E-state index in [1.54, 1.807) is 0 Å². The summed E-state index contributed by atoms with van der Waals surface area (Å²) in [5.74, 6) is 1.02. The standard InChI is InChI=1S/C14H11ClO/c15-12-5-1-4-11(9-12)13-6-2-3-10-7-8-16-14(10)13/h1-6,9H,7-8H2. The van der Waals surface area contributed by atoms with Gasteiger partial charge in [0.2, 0.25) is 0 Å². The molecule has 0 spiro atoms. The molecule has 0 amide bonds. The molecule has 1 aliphatic heterocycles. The van der Waals surface area contributed by atoms with Gasteiger partial charge in [0.1, 0.15) is 5.75 Å². The average Bonchev–Trinajstić information content (AvgIpc) is 2.76. The van der Waals surface area contributed by atoms with E-state index < -0.39 is 0 Å². The summed E-state index contributed by atoms with van der Waals surface area (Å²) in [4.78, 5) is 0. The van der Waals surface area contributed by atoms with Crippen LogP contribution in [0.4, 0.5) is 0 Å².